The molecule has 0 atom stereocenters. The molecule has 0 amide bonds. The molecule has 1 aromatic heterocycles. The minimum Gasteiger partial charge on any atom is -0.352 e. The normalized spacial score (nSPS) is 10.6. The largest absolute Gasteiger partial charge is 0.352 e. The van der Waals surface area contributed by atoms with Crippen molar-refractivity contribution in [3.63, 3.8) is 0 Å². The number of halogens is 2. The Bertz CT molecular complexity index is 587. The summed E-state index contributed by atoms with van der Waals surface area (Å²) in [6, 6.07) is 10.3. The zero-order valence-electron chi connectivity index (χ0n) is 11.3. The Morgan fingerprint density at radius 2 is 1.90 bits per heavy atom. The fourth-order valence-electron chi connectivity index (χ4n) is 2.09. The third kappa shape index (κ3) is 3.59. The molecule has 2 N–H and O–H groups in total. The van der Waals surface area contributed by atoms with Crippen LogP contribution in [0.5, 0.6) is 0 Å². The van der Waals surface area contributed by atoms with Gasteiger partial charge in [-0.25, -0.2) is 4.98 Å². The van der Waals surface area contributed by atoms with Crippen molar-refractivity contribution in [2.75, 3.05) is 11.4 Å². The van der Waals surface area contributed by atoms with Gasteiger partial charge in [-0.2, -0.15) is 0 Å². The van der Waals surface area contributed by atoms with Crippen molar-refractivity contribution in [3.8, 4) is 0 Å². The van der Waals surface area contributed by atoms with Gasteiger partial charge >= 0.3 is 0 Å². The van der Waals surface area contributed by atoms with E-state index in [1.807, 2.05) is 24.4 Å². The molecule has 0 radical (unpaired) electrons. The van der Waals surface area contributed by atoms with Gasteiger partial charge < -0.3 is 10.6 Å². The first-order chi connectivity index (χ1) is 9.65. The van der Waals surface area contributed by atoms with Crippen molar-refractivity contribution in [2.45, 2.75) is 20.0 Å². The van der Waals surface area contributed by atoms with Crippen molar-refractivity contribution in [1.82, 2.24) is 4.98 Å². The van der Waals surface area contributed by atoms with Crippen molar-refractivity contribution in [1.29, 1.82) is 0 Å². The highest BCUT2D eigenvalue weighted by molar-refractivity contribution is 9.11. The Morgan fingerprint density at radius 1 is 1.20 bits per heavy atom. The first kappa shape index (κ1) is 15.5. The number of benzene rings is 1. The second-order valence-electron chi connectivity index (χ2n) is 4.45. The Kier molecular flexibility index (Phi) is 5.57. The zero-order valence-corrected chi connectivity index (χ0v) is 14.5. The molecule has 0 unspecified atom stereocenters. The topological polar surface area (TPSA) is 42.1 Å². The molecule has 0 aliphatic heterocycles. The predicted octanol–water partition coefficient (Wildman–Crippen LogP) is 4.09. The van der Waals surface area contributed by atoms with Gasteiger partial charge in [-0.1, -0.05) is 24.3 Å². The van der Waals surface area contributed by atoms with E-state index in [9.17, 15) is 0 Å². The maximum absolute atomic E-state index is 5.81. The van der Waals surface area contributed by atoms with E-state index < -0.39 is 0 Å². The second-order valence-corrected chi connectivity index (χ2v) is 6.22. The molecule has 0 aliphatic carbocycles. The lowest BCUT2D eigenvalue weighted by Crippen LogP contribution is -2.24. The molecule has 2 rings (SSSR count). The smallest absolute Gasteiger partial charge is 0.143 e. The maximum atomic E-state index is 5.81. The first-order valence-electron chi connectivity index (χ1n) is 6.48. The molecule has 2 aromatic rings. The van der Waals surface area contributed by atoms with E-state index in [2.05, 4.69) is 60.8 Å². The van der Waals surface area contributed by atoms with E-state index in [1.54, 1.807) is 0 Å². The molecule has 0 saturated heterocycles. The zero-order chi connectivity index (χ0) is 14.5. The van der Waals surface area contributed by atoms with E-state index in [0.29, 0.717) is 6.54 Å². The fraction of sp³-hybridized carbons (Fsp3) is 0.267. The molecular weight excluding hydrogens is 382 g/mol. The van der Waals surface area contributed by atoms with Crippen LogP contribution in [0.25, 0.3) is 0 Å². The molecule has 0 spiro atoms. The number of hydrogen-bond donors (Lipinski definition) is 1. The lowest BCUT2D eigenvalue weighted by molar-refractivity contribution is 0.800. The Morgan fingerprint density at radius 3 is 2.50 bits per heavy atom. The standard InChI is InChI=1S/C15H17Br2N3/c1-2-20(15-14(17)7-13(16)9-19-15)10-12-6-4-3-5-11(12)8-18/h3-7,9H,2,8,10,18H2,1H3. The molecule has 1 aromatic carbocycles. The second kappa shape index (κ2) is 7.20. The summed E-state index contributed by atoms with van der Waals surface area (Å²) >= 11 is 7.01. The van der Waals surface area contributed by atoms with Crippen molar-refractivity contribution in [2.24, 2.45) is 5.73 Å². The van der Waals surface area contributed by atoms with Crippen LogP contribution in [0.15, 0.2) is 45.5 Å². The van der Waals surface area contributed by atoms with Crippen LogP contribution in [0.4, 0.5) is 5.82 Å². The molecular formula is C15H17Br2N3. The summed E-state index contributed by atoms with van der Waals surface area (Å²) in [5, 5.41) is 0. The highest BCUT2D eigenvalue weighted by Gasteiger charge is 2.12. The van der Waals surface area contributed by atoms with Gasteiger partial charge in [0.1, 0.15) is 5.82 Å². The van der Waals surface area contributed by atoms with Gasteiger partial charge in [-0.3, -0.25) is 0 Å². The van der Waals surface area contributed by atoms with E-state index in [4.69, 9.17) is 5.73 Å². The number of anilines is 1. The van der Waals surface area contributed by atoms with Gasteiger partial charge in [0.15, 0.2) is 0 Å². The van der Waals surface area contributed by atoms with Crippen molar-refractivity contribution >= 4 is 37.7 Å². The lowest BCUT2D eigenvalue weighted by atomic mass is 10.1. The first-order valence-corrected chi connectivity index (χ1v) is 8.07. The van der Waals surface area contributed by atoms with Crippen LogP contribution < -0.4 is 10.6 Å². The van der Waals surface area contributed by atoms with Gasteiger partial charge in [0, 0.05) is 30.3 Å². The van der Waals surface area contributed by atoms with Gasteiger partial charge in [-0.15, -0.1) is 0 Å². The highest BCUT2D eigenvalue weighted by atomic mass is 79.9. The molecule has 3 nitrogen and oxygen atoms in total. The molecule has 106 valence electrons. The summed E-state index contributed by atoms with van der Waals surface area (Å²) in [6.45, 7) is 4.37. The van der Waals surface area contributed by atoms with Crippen LogP contribution >= 0.6 is 31.9 Å². The minimum absolute atomic E-state index is 0.558. The number of hydrogen-bond acceptors (Lipinski definition) is 3. The maximum Gasteiger partial charge on any atom is 0.143 e. The lowest BCUT2D eigenvalue weighted by Gasteiger charge is -2.24. The highest BCUT2D eigenvalue weighted by Crippen LogP contribution is 2.28. The van der Waals surface area contributed by atoms with Crippen LogP contribution in [-0.2, 0) is 13.1 Å². The fourth-order valence-corrected chi connectivity index (χ4v) is 3.33. The summed E-state index contributed by atoms with van der Waals surface area (Å²) in [5.74, 6) is 0.947. The average molecular weight is 399 g/mol. The van der Waals surface area contributed by atoms with Crippen LogP contribution in [-0.4, -0.2) is 11.5 Å². The van der Waals surface area contributed by atoms with Crippen LogP contribution in [0.2, 0.25) is 0 Å². The SMILES string of the molecule is CCN(Cc1ccccc1CN)c1ncc(Br)cc1Br. The van der Waals surface area contributed by atoms with Crippen molar-refractivity contribution in [3.05, 3.63) is 56.6 Å². The van der Waals surface area contributed by atoms with E-state index in [-0.39, 0.29) is 0 Å². The molecule has 0 fully saturated rings. The number of pyridine rings is 1. The summed E-state index contributed by atoms with van der Waals surface area (Å²) in [7, 11) is 0. The third-order valence-corrected chi connectivity index (χ3v) is 4.19. The number of aromatic nitrogens is 1. The predicted molar refractivity (Wildman–Crippen MR) is 90.7 cm³/mol. The molecule has 1 heterocycles. The van der Waals surface area contributed by atoms with Gasteiger partial charge in [0.25, 0.3) is 0 Å². The quantitative estimate of drug-likeness (QED) is 0.824. The summed E-state index contributed by atoms with van der Waals surface area (Å²) in [6.07, 6.45) is 1.82. The number of nitrogens with two attached hydrogens (primary N) is 1. The van der Waals surface area contributed by atoms with Gasteiger partial charge in [-0.05, 0) is 56.0 Å². The molecule has 20 heavy (non-hydrogen) atoms. The van der Waals surface area contributed by atoms with Crippen molar-refractivity contribution < 1.29 is 0 Å². The van der Waals surface area contributed by atoms with Crippen LogP contribution in [0.1, 0.15) is 18.1 Å². The molecule has 0 bridgehead atoms. The molecule has 0 saturated carbocycles. The number of rotatable bonds is 5. The Balaban J connectivity index is 2.29. The average Bonchev–Trinajstić information content (AvgIpc) is 2.46. The minimum atomic E-state index is 0.558. The van der Waals surface area contributed by atoms with E-state index in [1.165, 1.54) is 11.1 Å². The molecule has 0 aliphatic rings. The van der Waals surface area contributed by atoms with Crippen LogP contribution in [0.3, 0.4) is 0 Å². The third-order valence-electron chi connectivity index (χ3n) is 3.17. The summed E-state index contributed by atoms with van der Waals surface area (Å²) < 4.78 is 1.95. The van der Waals surface area contributed by atoms with Gasteiger partial charge in [0.05, 0.1) is 4.47 Å². The molecule has 5 heteroatoms. The van der Waals surface area contributed by atoms with E-state index in [0.717, 1.165) is 27.9 Å². The van der Waals surface area contributed by atoms with Crippen LogP contribution in [0, 0.1) is 0 Å². The monoisotopic (exact) mass is 397 g/mol. The number of nitrogens with zero attached hydrogens (tertiary/aromatic N) is 2. The summed E-state index contributed by atoms with van der Waals surface area (Å²) in [4.78, 5) is 6.73. The van der Waals surface area contributed by atoms with E-state index >= 15 is 0 Å². The Labute approximate surface area is 136 Å². The summed E-state index contributed by atoms with van der Waals surface area (Å²) in [5.41, 5.74) is 8.23. The Hall–Kier alpha value is -0.910. The van der Waals surface area contributed by atoms with Gasteiger partial charge in [0.2, 0.25) is 0 Å².